The van der Waals surface area contributed by atoms with E-state index in [4.69, 9.17) is 30.8 Å². The normalized spacial score (nSPS) is 44.3. The first-order valence-corrected chi connectivity index (χ1v) is 12.1. The van der Waals surface area contributed by atoms with Gasteiger partial charge >= 0.3 is 0 Å². The summed E-state index contributed by atoms with van der Waals surface area (Å²) in [7, 11) is 1.61. The minimum atomic E-state index is -1.33. The molecule has 2 fully saturated rings. The molecule has 3 rings (SSSR count). The van der Waals surface area contributed by atoms with Crippen LogP contribution in [0.25, 0.3) is 0 Å². The van der Waals surface area contributed by atoms with E-state index in [0.717, 1.165) is 0 Å². The van der Waals surface area contributed by atoms with Crippen molar-refractivity contribution >= 4 is 6.41 Å². The molecule has 13 nitrogen and oxygen atoms in total. The fourth-order valence-electron chi connectivity index (χ4n) is 5.36. The summed E-state index contributed by atoms with van der Waals surface area (Å²) >= 11 is 0. The second-order valence-electron chi connectivity index (χ2n) is 9.81. The molecule has 0 aromatic rings. The molecule has 0 aromatic carbocycles. The van der Waals surface area contributed by atoms with Crippen LogP contribution >= 0.6 is 0 Å². The second-order valence-corrected chi connectivity index (χ2v) is 9.81. The first-order chi connectivity index (χ1) is 16.6. The van der Waals surface area contributed by atoms with Crippen molar-refractivity contribution in [1.29, 1.82) is 0 Å². The Hall–Kier alpha value is -1.39. The fourth-order valence-corrected chi connectivity index (χ4v) is 5.36. The molecular weight excluding hydrogens is 462 g/mol. The Bertz CT molecular complexity index is 728. The van der Waals surface area contributed by atoms with Crippen LogP contribution in [0.1, 0.15) is 19.8 Å². The first-order valence-electron chi connectivity index (χ1n) is 12.1. The molecule has 202 valence electrons. The standard InChI is InChI=1S/C22H41N5O8/c1-22(32)9-33-21(17(31)20(22)25-2)35-19-14(27-10-29)7-13(24)15(16(19)30)18-12(23)4-3-11(34-18)8-26-5-6-28/h3,10,12-21,25-26,28,30-32H,4-9,23-24H2,1-2H3,(H,27,29)/t12-,13+,14-,15?,16+,17-,18+,19+,20-,21-,22+/m1/s1. The van der Waals surface area contributed by atoms with Crippen molar-refractivity contribution in [3.63, 3.8) is 0 Å². The van der Waals surface area contributed by atoms with Crippen LogP contribution in [0.2, 0.25) is 0 Å². The number of ether oxygens (including phenoxy) is 3. The summed E-state index contributed by atoms with van der Waals surface area (Å²) in [4.78, 5) is 11.3. The van der Waals surface area contributed by atoms with Gasteiger partial charge in [-0.15, -0.1) is 0 Å². The first kappa shape index (κ1) is 28.2. The lowest BCUT2D eigenvalue weighted by atomic mass is 9.72. The van der Waals surface area contributed by atoms with Gasteiger partial charge in [-0.25, -0.2) is 0 Å². The molecule has 2 heterocycles. The van der Waals surface area contributed by atoms with E-state index in [0.29, 0.717) is 31.7 Å². The molecule has 0 bridgehead atoms. The van der Waals surface area contributed by atoms with Gasteiger partial charge in [0.25, 0.3) is 0 Å². The second kappa shape index (κ2) is 12.2. The Morgan fingerprint density at radius 1 is 1.29 bits per heavy atom. The molecule has 11 N–H and O–H groups in total. The highest BCUT2D eigenvalue weighted by atomic mass is 16.7. The van der Waals surface area contributed by atoms with Crippen LogP contribution < -0.4 is 27.4 Å². The van der Waals surface area contributed by atoms with Gasteiger partial charge in [-0.05, 0) is 32.9 Å². The number of carbonyl (C=O) groups excluding carboxylic acids is 1. The van der Waals surface area contributed by atoms with Crippen LogP contribution in [-0.4, -0.2) is 121 Å². The monoisotopic (exact) mass is 503 g/mol. The molecule has 11 atom stereocenters. The number of aliphatic hydroxyl groups is 4. The van der Waals surface area contributed by atoms with E-state index < -0.39 is 66.4 Å². The number of hydrogen-bond donors (Lipinski definition) is 9. The van der Waals surface area contributed by atoms with Gasteiger partial charge in [0, 0.05) is 24.5 Å². The highest BCUT2D eigenvalue weighted by Crippen LogP contribution is 2.36. The number of likely N-dealkylation sites (N-methyl/N-ethyl adjacent to an activating group) is 1. The maximum Gasteiger partial charge on any atom is 0.207 e. The molecule has 0 radical (unpaired) electrons. The van der Waals surface area contributed by atoms with Gasteiger partial charge in [0.05, 0.1) is 37.9 Å². The lowest BCUT2D eigenvalue weighted by Gasteiger charge is -2.50. The molecule has 35 heavy (non-hydrogen) atoms. The van der Waals surface area contributed by atoms with Crippen molar-refractivity contribution in [2.45, 2.75) is 80.2 Å². The van der Waals surface area contributed by atoms with E-state index in [1.54, 1.807) is 7.05 Å². The molecule has 1 aliphatic carbocycles. The highest BCUT2D eigenvalue weighted by Gasteiger charge is 2.53. The molecule has 2 aliphatic heterocycles. The molecule has 1 unspecified atom stereocenters. The van der Waals surface area contributed by atoms with Crippen molar-refractivity contribution in [1.82, 2.24) is 16.0 Å². The summed E-state index contributed by atoms with van der Waals surface area (Å²) in [5, 5.41) is 50.3. The highest BCUT2D eigenvalue weighted by molar-refractivity contribution is 5.47. The SMILES string of the molecule is CN[C@@H]1[C@@H](O)[C@@H](O[C@H]2[C@H](NC=O)C[C@H](N)C([C@H]3OC(CNCCO)=CC[C@H]3N)[C@@H]2O)OC[C@]1(C)O. The van der Waals surface area contributed by atoms with E-state index >= 15 is 0 Å². The van der Waals surface area contributed by atoms with Crippen molar-refractivity contribution < 1.29 is 39.4 Å². The molecule has 0 aromatic heterocycles. The van der Waals surface area contributed by atoms with Gasteiger partial charge in [0.2, 0.25) is 6.41 Å². The Kier molecular flexibility index (Phi) is 9.85. The number of nitrogens with one attached hydrogen (secondary N) is 3. The Balaban J connectivity index is 1.78. The molecular formula is C22H41N5O8. The Morgan fingerprint density at radius 3 is 2.69 bits per heavy atom. The third-order valence-electron chi connectivity index (χ3n) is 7.16. The van der Waals surface area contributed by atoms with Crippen LogP contribution in [0.15, 0.2) is 11.8 Å². The summed E-state index contributed by atoms with van der Waals surface area (Å²) in [6.45, 7) is 2.22. The average molecular weight is 504 g/mol. The van der Waals surface area contributed by atoms with Gasteiger partial charge in [-0.2, -0.15) is 0 Å². The van der Waals surface area contributed by atoms with Crippen LogP contribution in [0.3, 0.4) is 0 Å². The minimum Gasteiger partial charge on any atom is -0.492 e. The number of hydrogen-bond acceptors (Lipinski definition) is 12. The van der Waals surface area contributed by atoms with Gasteiger partial charge < -0.3 is 62.1 Å². The molecule has 0 spiro atoms. The summed E-state index contributed by atoms with van der Waals surface area (Å²) in [6.07, 6.45) is -2.06. The zero-order valence-electron chi connectivity index (χ0n) is 20.2. The fraction of sp³-hybridized carbons (Fsp3) is 0.864. The van der Waals surface area contributed by atoms with Crippen LogP contribution in [0.5, 0.6) is 0 Å². The predicted octanol–water partition coefficient (Wildman–Crippen LogP) is -4.17. The molecule has 13 heteroatoms. The third kappa shape index (κ3) is 6.31. The minimum absolute atomic E-state index is 0.00843. The van der Waals surface area contributed by atoms with Gasteiger partial charge in [0.15, 0.2) is 6.29 Å². The van der Waals surface area contributed by atoms with E-state index in [2.05, 4.69) is 16.0 Å². The quantitative estimate of drug-likeness (QED) is 0.103. The van der Waals surface area contributed by atoms with Crippen LogP contribution in [0.4, 0.5) is 0 Å². The number of amides is 1. The van der Waals surface area contributed by atoms with Crippen molar-refractivity contribution in [2.75, 3.05) is 33.4 Å². The lowest BCUT2D eigenvalue weighted by molar-refractivity contribution is -0.297. The smallest absolute Gasteiger partial charge is 0.207 e. The number of aliphatic hydroxyl groups excluding tert-OH is 3. The predicted molar refractivity (Wildman–Crippen MR) is 125 cm³/mol. The lowest BCUT2D eigenvalue weighted by Crippen LogP contribution is -2.69. The van der Waals surface area contributed by atoms with Gasteiger partial charge in [-0.1, -0.05) is 0 Å². The number of carbonyl (C=O) groups is 1. The van der Waals surface area contributed by atoms with Crippen molar-refractivity contribution in [3.8, 4) is 0 Å². The van der Waals surface area contributed by atoms with E-state index in [9.17, 15) is 20.1 Å². The molecule has 1 saturated carbocycles. The van der Waals surface area contributed by atoms with E-state index in [-0.39, 0.29) is 19.6 Å². The van der Waals surface area contributed by atoms with E-state index in [1.165, 1.54) is 6.92 Å². The summed E-state index contributed by atoms with van der Waals surface area (Å²) in [5.41, 5.74) is 11.5. The summed E-state index contributed by atoms with van der Waals surface area (Å²) in [5.74, 6) is 0.00506. The van der Waals surface area contributed by atoms with Gasteiger partial charge in [-0.3, -0.25) is 4.79 Å². The van der Waals surface area contributed by atoms with Crippen molar-refractivity contribution in [3.05, 3.63) is 11.8 Å². The zero-order chi connectivity index (χ0) is 25.8. The largest absolute Gasteiger partial charge is 0.492 e. The summed E-state index contributed by atoms with van der Waals surface area (Å²) in [6, 6.07) is -2.39. The molecule has 1 amide bonds. The maximum absolute atomic E-state index is 11.4. The topological polar surface area (TPSA) is 214 Å². The Morgan fingerprint density at radius 2 is 2.03 bits per heavy atom. The van der Waals surface area contributed by atoms with Gasteiger partial charge in [0.1, 0.15) is 29.7 Å². The number of nitrogens with two attached hydrogens (primary N) is 2. The van der Waals surface area contributed by atoms with Crippen LogP contribution in [-0.2, 0) is 19.0 Å². The zero-order valence-corrected chi connectivity index (χ0v) is 20.2. The number of rotatable bonds is 10. The van der Waals surface area contributed by atoms with Crippen LogP contribution in [0, 0.1) is 5.92 Å². The third-order valence-corrected chi connectivity index (χ3v) is 7.16. The molecule has 3 aliphatic rings. The average Bonchev–Trinajstić information content (AvgIpc) is 2.80. The van der Waals surface area contributed by atoms with E-state index in [1.807, 2.05) is 6.08 Å². The maximum atomic E-state index is 11.4. The molecule has 1 saturated heterocycles. The summed E-state index contributed by atoms with van der Waals surface area (Å²) < 4.78 is 17.8. The van der Waals surface area contributed by atoms with Crippen molar-refractivity contribution in [2.24, 2.45) is 17.4 Å². The Labute approximate surface area is 205 Å².